The summed E-state index contributed by atoms with van der Waals surface area (Å²) in [6.45, 7) is 7.15. The molecule has 3 rings (SSSR count). The lowest BCUT2D eigenvalue weighted by Crippen LogP contribution is -2.43. The van der Waals surface area contributed by atoms with Crippen molar-refractivity contribution in [2.75, 3.05) is 19.8 Å². The number of hydrogen-bond acceptors (Lipinski definition) is 6. The van der Waals surface area contributed by atoms with Crippen molar-refractivity contribution >= 4 is 5.97 Å². The van der Waals surface area contributed by atoms with Crippen LogP contribution in [-0.2, 0) is 24.4 Å². The van der Waals surface area contributed by atoms with Crippen LogP contribution in [0.15, 0.2) is 47.1 Å². The number of hydrogen-bond donors (Lipinski definition) is 1. The van der Waals surface area contributed by atoms with E-state index in [4.69, 9.17) is 19.9 Å². The van der Waals surface area contributed by atoms with Gasteiger partial charge in [-0.15, -0.1) is 0 Å². The first-order chi connectivity index (χ1) is 12.4. The number of carbonyl (C=O) groups is 1. The van der Waals surface area contributed by atoms with Crippen molar-refractivity contribution in [1.29, 1.82) is 5.26 Å². The summed E-state index contributed by atoms with van der Waals surface area (Å²) in [6, 6.07) is 9.95. The first kappa shape index (κ1) is 18.0. The summed E-state index contributed by atoms with van der Waals surface area (Å²) < 4.78 is 15.9. The number of allylic oxidation sites excluding steroid dienone is 2. The molecule has 0 bridgehead atoms. The van der Waals surface area contributed by atoms with Crippen LogP contribution in [0.3, 0.4) is 0 Å². The quantitative estimate of drug-likeness (QED) is 0.835. The van der Waals surface area contributed by atoms with Gasteiger partial charge in [0.25, 0.3) is 0 Å². The van der Waals surface area contributed by atoms with E-state index in [2.05, 4.69) is 13.0 Å². The van der Waals surface area contributed by atoms with Crippen LogP contribution in [0, 0.1) is 11.3 Å². The SMILES string of the molecule is CCOC(=O)C1=C(C)OC(N)=C(C#N)C1c1ccc(C2(C)COC2)cc1. The normalized spacial score (nSPS) is 21.5. The highest BCUT2D eigenvalue weighted by atomic mass is 16.5. The Bertz CT molecular complexity index is 826. The first-order valence-corrected chi connectivity index (χ1v) is 8.55. The lowest BCUT2D eigenvalue weighted by Gasteiger charge is -2.38. The number of benzene rings is 1. The van der Waals surface area contributed by atoms with Gasteiger partial charge in [0, 0.05) is 5.41 Å². The smallest absolute Gasteiger partial charge is 0.338 e. The van der Waals surface area contributed by atoms with Gasteiger partial charge in [-0.2, -0.15) is 5.26 Å². The van der Waals surface area contributed by atoms with Gasteiger partial charge in [0.05, 0.1) is 31.3 Å². The maximum Gasteiger partial charge on any atom is 0.338 e. The number of rotatable bonds is 4. The molecule has 1 unspecified atom stereocenters. The van der Waals surface area contributed by atoms with Gasteiger partial charge in [-0.1, -0.05) is 31.2 Å². The first-order valence-electron chi connectivity index (χ1n) is 8.55. The highest BCUT2D eigenvalue weighted by Gasteiger charge is 2.38. The Morgan fingerprint density at radius 1 is 1.38 bits per heavy atom. The fourth-order valence-electron chi connectivity index (χ4n) is 3.34. The van der Waals surface area contributed by atoms with Crippen LogP contribution in [0.25, 0.3) is 0 Å². The van der Waals surface area contributed by atoms with Crippen molar-refractivity contribution in [3.8, 4) is 6.07 Å². The Labute approximate surface area is 152 Å². The standard InChI is InChI=1S/C20H22N2O4/c1-4-25-19(23)16-12(2)26-18(22)15(9-21)17(16)13-5-7-14(8-6-13)20(3)10-24-11-20/h5-8,17H,4,10-11,22H2,1-3H3. The number of nitriles is 1. The van der Waals surface area contributed by atoms with Crippen LogP contribution in [0.5, 0.6) is 0 Å². The molecular weight excluding hydrogens is 332 g/mol. The van der Waals surface area contributed by atoms with Crippen LogP contribution in [-0.4, -0.2) is 25.8 Å². The van der Waals surface area contributed by atoms with Crippen molar-refractivity contribution < 1.29 is 19.0 Å². The van der Waals surface area contributed by atoms with Crippen LogP contribution in [0.1, 0.15) is 37.8 Å². The van der Waals surface area contributed by atoms with Crippen LogP contribution < -0.4 is 5.73 Å². The van der Waals surface area contributed by atoms with E-state index in [9.17, 15) is 10.1 Å². The molecule has 2 aliphatic rings. The Morgan fingerprint density at radius 2 is 2.04 bits per heavy atom. The monoisotopic (exact) mass is 354 g/mol. The van der Waals surface area contributed by atoms with E-state index in [-0.39, 0.29) is 23.5 Å². The van der Waals surface area contributed by atoms with Gasteiger partial charge >= 0.3 is 5.97 Å². The average Bonchev–Trinajstić information content (AvgIpc) is 2.59. The summed E-state index contributed by atoms with van der Waals surface area (Å²) in [5, 5.41) is 9.58. The molecule has 0 spiro atoms. The molecule has 2 aliphatic heterocycles. The summed E-state index contributed by atoms with van der Waals surface area (Å²) in [6.07, 6.45) is 0. The minimum absolute atomic E-state index is 0.0108. The fourth-order valence-corrected chi connectivity index (χ4v) is 3.34. The zero-order chi connectivity index (χ0) is 18.9. The fraction of sp³-hybridized carbons (Fsp3) is 0.400. The topological polar surface area (TPSA) is 94.6 Å². The lowest BCUT2D eigenvalue weighted by atomic mass is 9.78. The van der Waals surface area contributed by atoms with Crippen molar-refractivity contribution in [1.82, 2.24) is 0 Å². The van der Waals surface area contributed by atoms with Gasteiger partial charge < -0.3 is 19.9 Å². The molecule has 1 fully saturated rings. The van der Waals surface area contributed by atoms with Gasteiger partial charge in [0.15, 0.2) is 0 Å². The van der Waals surface area contributed by atoms with Gasteiger partial charge in [-0.3, -0.25) is 0 Å². The number of carbonyl (C=O) groups excluding carboxylic acids is 1. The minimum Gasteiger partial charge on any atom is -0.463 e. The van der Waals surface area contributed by atoms with Crippen LogP contribution in [0.4, 0.5) is 0 Å². The molecule has 0 saturated carbocycles. The van der Waals surface area contributed by atoms with E-state index in [0.717, 1.165) is 11.1 Å². The van der Waals surface area contributed by atoms with Gasteiger partial charge in [0.1, 0.15) is 17.4 Å². The Kier molecular flexibility index (Phi) is 4.75. The summed E-state index contributed by atoms with van der Waals surface area (Å²) in [4.78, 5) is 12.5. The molecule has 0 aromatic heterocycles. The van der Waals surface area contributed by atoms with Gasteiger partial charge in [0.2, 0.25) is 5.88 Å². The van der Waals surface area contributed by atoms with E-state index in [0.29, 0.717) is 24.5 Å². The summed E-state index contributed by atoms with van der Waals surface area (Å²) in [5.41, 5.74) is 8.39. The Balaban J connectivity index is 2.03. The van der Waals surface area contributed by atoms with Crippen molar-refractivity contribution in [2.24, 2.45) is 5.73 Å². The number of nitrogens with two attached hydrogens (primary N) is 1. The van der Waals surface area contributed by atoms with Crippen LogP contribution in [0.2, 0.25) is 0 Å². The van der Waals surface area contributed by atoms with Crippen molar-refractivity contribution in [3.63, 3.8) is 0 Å². The number of esters is 1. The van der Waals surface area contributed by atoms with Crippen molar-refractivity contribution in [2.45, 2.75) is 32.1 Å². The molecule has 2 heterocycles. The number of nitrogens with zero attached hydrogens (tertiary/aromatic N) is 1. The van der Waals surface area contributed by atoms with E-state index < -0.39 is 11.9 Å². The second-order valence-corrected chi connectivity index (χ2v) is 6.79. The zero-order valence-corrected chi connectivity index (χ0v) is 15.2. The highest BCUT2D eigenvalue weighted by molar-refractivity contribution is 5.92. The predicted molar refractivity (Wildman–Crippen MR) is 94.6 cm³/mol. The second-order valence-electron chi connectivity index (χ2n) is 6.79. The average molecular weight is 354 g/mol. The molecule has 0 radical (unpaired) electrons. The summed E-state index contributed by atoms with van der Waals surface area (Å²) >= 11 is 0. The minimum atomic E-state index is -0.604. The van der Waals surface area contributed by atoms with Crippen LogP contribution >= 0.6 is 0 Å². The van der Waals surface area contributed by atoms with Crippen molar-refractivity contribution in [3.05, 3.63) is 58.2 Å². The van der Waals surface area contributed by atoms with E-state index in [1.54, 1.807) is 13.8 Å². The Hall–Kier alpha value is -2.78. The third-order valence-electron chi connectivity index (χ3n) is 4.88. The Morgan fingerprint density at radius 3 is 2.54 bits per heavy atom. The van der Waals surface area contributed by atoms with Gasteiger partial charge in [-0.25, -0.2) is 4.79 Å². The third kappa shape index (κ3) is 2.95. The third-order valence-corrected chi connectivity index (χ3v) is 4.88. The molecule has 1 aromatic rings. The van der Waals surface area contributed by atoms with E-state index in [1.807, 2.05) is 24.3 Å². The molecule has 0 amide bonds. The van der Waals surface area contributed by atoms with E-state index in [1.165, 1.54) is 0 Å². The molecule has 2 N–H and O–H groups in total. The zero-order valence-electron chi connectivity index (χ0n) is 15.2. The summed E-state index contributed by atoms with van der Waals surface area (Å²) in [7, 11) is 0. The molecule has 1 saturated heterocycles. The van der Waals surface area contributed by atoms with E-state index >= 15 is 0 Å². The lowest BCUT2D eigenvalue weighted by molar-refractivity contribution is -0.139. The number of ether oxygens (including phenoxy) is 3. The summed E-state index contributed by atoms with van der Waals surface area (Å²) in [5.74, 6) is -0.731. The molecule has 1 atom stereocenters. The predicted octanol–water partition coefficient (Wildman–Crippen LogP) is 2.62. The molecule has 1 aromatic carbocycles. The molecular formula is C20H22N2O4. The maximum absolute atomic E-state index is 12.5. The van der Waals surface area contributed by atoms with Gasteiger partial charge in [-0.05, 0) is 25.0 Å². The molecule has 6 nitrogen and oxygen atoms in total. The molecule has 6 heteroatoms. The second kappa shape index (κ2) is 6.85. The largest absolute Gasteiger partial charge is 0.463 e. The molecule has 0 aliphatic carbocycles. The highest BCUT2D eigenvalue weighted by Crippen LogP contribution is 2.40. The molecule has 136 valence electrons. The maximum atomic E-state index is 12.5. The molecule has 26 heavy (non-hydrogen) atoms.